The third kappa shape index (κ3) is 2.60. The van der Waals surface area contributed by atoms with Crippen LogP contribution < -0.4 is 5.32 Å². The number of rotatable bonds is 3. The predicted octanol–water partition coefficient (Wildman–Crippen LogP) is 3.92. The van der Waals surface area contributed by atoms with Crippen molar-refractivity contribution < 1.29 is 14.3 Å². The molecule has 0 saturated heterocycles. The van der Waals surface area contributed by atoms with Gasteiger partial charge < -0.3 is 10.4 Å². The van der Waals surface area contributed by atoms with Gasteiger partial charge in [-0.15, -0.1) is 0 Å². The van der Waals surface area contributed by atoms with Crippen LogP contribution in [0.5, 0.6) is 0 Å². The minimum absolute atomic E-state index is 0.144. The summed E-state index contributed by atoms with van der Waals surface area (Å²) in [7, 11) is 0. The molecule has 2 aromatic rings. The smallest absolute Gasteiger partial charge is 0.337 e. The lowest BCUT2D eigenvalue weighted by atomic mass is 10.1. The van der Waals surface area contributed by atoms with Gasteiger partial charge in [0.05, 0.1) is 22.0 Å². The topological polar surface area (TPSA) is 49.3 Å². The monoisotopic (exact) mass is 265 g/mol. The van der Waals surface area contributed by atoms with Crippen LogP contribution in [0, 0.1) is 5.82 Å². The highest BCUT2D eigenvalue weighted by Crippen LogP contribution is 2.27. The maximum absolute atomic E-state index is 13.0. The van der Waals surface area contributed by atoms with Crippen LogP contribution in [0.2, 0.25) is 5.02 Å². The number of hydrogen-bond acceptors (Lipinski definition) is 2. The number of anilines is 2. The second kappa shape index (κ2) is 5.06. The summed E-state index contributed by atoms with van der Waals surface area (Å²) in [6, 6.07) is 10.4. The molecule has 0 aliphatic rings. The second-order valence-electron chi connectivity index (χ2n) is 3.60. The zero-order valence-corrected chi connectivity index (χ0v) is 9.91. The van der Waals surface area contributed by atoms with Gasteiger partial charge >= 0.3 is 5.97 Å². The predicted molar refractivity (Wildman–Crippen MR) is 68.1 cm³/mol. The summed E-state index contributed by atoms with van der Waals surface area (Å²) in [5.41, 5.74) is 0.709. The van der Waals surface area contributed by atoms with E-state index in [0.29, 0.717) is 10.7 Å². The van der Waals surface area contributed by atoms with Gasteiger partial charge in [-0.05, 0) is 30.3 Å². The van der Waals surface area contributed by atoms with Crippen LogP contribution >= 0.6 is 11.6 Å². The molecular weight excluding hydrogens is 257 g/mol. The van der Waals surface area contributed by atoms with Crippen LogP contribution in [-0.2, 0) is 0 Å². The molecule has 0 amide bonds. The van der Waals surface area contributed by atoms with E-state index < -0.39 is 11.8 Å². The van der Waals surface area contributed by atoms with Crippen LogP contribution in [-0.4, -0.2) is 11.1 Å². The van der Waals surface area contributed by atoms with Crippen molar-refractivity contribution in [1.82, 2.24) is 0 Å². The maximum Gasteiger partial charge on any atom is 0.337 e. The first-order valence-electron chi connectivity index (χ1n) is 5.12. The number of nitrogens with one attached hydrogen (secondary N) is 1. The highest BCUT2D eigenvalue weighted by atomic mass is 35.5. The van der Waals surface area contributed by atoms with Crippen LogP contribution in [0.25, 0.3) is 0 Å². The van der Waals surface area contributed by atoms with Gasteiger partial charge in [-0.1, -0.05) is 23.7 Å². The largest absolute Gasteiger partial charge is 0.478 e. The fourth-order valence-electron chi connectivity index (χ4n) is 1.51. The van der Waals surface area contributed by atoms with Gasteiger partial charge in [-0.3, -0.25) is 0 Å². The Morgan fingerprint density at radius 2 is 1.89 bits per heavy atom. The number of hydrogen-bond donors (Lipinski definition) is 2. The van der Waals surface area contributed by atoms with Gasteiger partial charge in [-0.2, -0.15) is 0 Å². The van der Waals surface area contributed by atoms with E-state index in [1.54, 1.807) is 24.3 Å². The number of halogens is 2. The van der Waals surface area contributed by atoms with Gasteiger partial charge in [-0.25, -0.2) is 9.18 Å². The molecule has 0 spiro atoms. The Bertz CT molecular complexity index is 601. The third-order valence-corrected chi connectivity index (χ3v) is 2.68. The van der Waals surface area contributed by atoms with Crippen molar-refractivity contribution in [1.29, 1.82) is 0 Å². The van der Waals surface area contributed by atoms with Gasteiger partial charge in [0.25, 0.3) is 0 Å². The van der Waals surface area contributed by atoms with Crippen molar-refractivity contribution in [2.24, 2.45) is 0 Å². The first-order valence-corrected chi connectivity index (χ1v) is 5.50. The van der Waals surface area contributed by atoms with Crippen molar-refractivity contribution in [3.63, 3.8) is 0 Å². The van der Waals surface area contributed by atoms with Gasteiger partial charge in [0.2, 0.25) is 0 Å². The first-order chi connectivity index (χ1) is 8.58. The molecule has 2 aromatic carbocycles. The lowest BCUT2D eigenvalue weighted by Gasteiger charge is -2.10. The van der Waals surface area contributed by atoms with E-state index in [1.807, 2.05) is 0 Å². The average Bonchev–Trinajstić information content (AvgIpc) is 2.34. The summed E-state index contributed by atoms with van der Waals surface area (Å²) in [5.74, 6) is -1.80. The fourth-order valence-corrected chi connectivity index (χ4v) is 1.69. The van der Waals surface area contributed by atoms with Crippen LogP contribution in [0.15, 0.2) is 42.5 Å². The van der Waals surface area contributed by atoms with Gasteiger partial charge in [0.15, 0.2) is 0 Å². The van der Waals surface area contributed by atoms with E-state index in [9.17, 15) is 9.18 Å². The van der Waals surface area contributed by atoms with Crippen molar-refractivity contribution >= 4 is 28.9 Å². The Kier molecular flexibility index (Phi) is 3.48. The highest BCUT2D eigenvalue weighted by molar-refractivity contribution is 6.33. The van der Waals surface area contributed by atoms with Gasteiger partial charge in [0, 0.05) is 0 Å². The summed E-state index contributed by atoms with van der Waals surface area (Å²) < 4.78 is 13.0. The second-order valence-corrected chi connectivity index (χ2v) is 4.01. The number of para-hydroxylation sites is 1. The zero-order chi connectivity index (χ0) is 13.1. The van der Waals surface area contributed by atoms with E-state index in [0.717, 1.165) is 6.07 Å². The number of carboxylic acid groups (broad SMARTS) is 1. The molecule has 0 fully saturated rings. The van der Waals surface area contributed by atoms with E-state index >= 15 is 0 Å². The average molecular weight is 266 g/mol. The van der Waals surface area contributed by atoms with Crippen LogP contribution in [0.1, 0.15) is 10.4 Å². The molecule has 18 heavy (non-hydrogen) atoms. The van der Waals surface area contributed by atoms with Crippen molar-refractivity contribution in [3.8, 4) is 0 Å². The Morgan fingerprint density at radius 1 is 1.17 bits per heavy atom. The molecule has 0 aliphatic carbocycles. The molecule has 92 valence electrons. The van der Waals surface area contributed by atoms with Gasteiger partial charge in [0.1, 0.15) is 5.82 Å². The number of carboxylic acids is 1. The summed E-state index contributed by atoms with van der Waals surface area (Å²) >= 11 is 5.95. The molecule has 0 aromatic heterocycles. The maximum atomic E-state index is 13.0. The Balaban J connectivity index is 2.41. The van der Waals surface area contributed by atoms with Crippen LogP contribution in [0.4, 0.5) is 15.8 Å². The summed E-state index contributed by atoms with van der Waals surface area (Å²) in [4.78, 5) is 11.0. The molecular formula is C13H9ClFNO2. The molecule has 2 rings (SSSR count). The molecule has 0 bridgehead atoms. The van der Waals surface area contributed by atoms with E-state index in [4.69, 9.17) is 16.7 Å². The molecule has 5 heteroatoms. The lowest BCUT2D eigenvalue weighted by Crippen LogP contribution is -2.03. The third-order valence-electron chi connectivity index (χ3n) is 2.36. The van der Waals surface area contributed by atoms with Crippen molar-refractivity contribution in [3.05, 3.63) is 58.9 Å². The lowest BCUT2D eigenvalue weighted by molar-refractivity contribution is 0.0697. The molecule has 0 atom stereocenters. The Hall–Kier alpha value is -2.07. The Labute approximate surface area is 108 Å². The summed E-state index contributed by atoms with van der Waals surface area (Å²) in [6.45, 7) is 0. The molecule has 0 aliphatic heterocycles. The minimum atomic E-state index is -1.20. The standard InChI is InChI=1S/C13H9ClFNO2/c14-10-3-1-2-4-12(10)16-11-6-5-8(15)7-9(11)13(17)18/h1-7,16H,(H,17,18). The highest BCUT2D eigenvalue weighted by Gasteiger charge is 2.12. The van der Waals surface area contributed by atoms with Crippen LogP contribution in [0.3, 0.4) is 0 Å². The van der Waals surface area contributed by atoms with Crippen molar-refractivity contribution in [2.45, 2.75) is 0 Å². The first kappa shape index (κ1) is 12.4. The fraction of sp³-hybridized carbons (Fsp3) is 0. The number of benzene rings is 2. The summed E-state index contributed by atoms with van der Waals surface area (Å²) in [6.07, 6.45) is 0. The quantitative estimate of drug-likeness (QED) is 0.884. The number of carbonyl (C=O) groups is 1. The molecule has 2 N–H and O–H groups in total. The molecule has 0 unspecified atom stereocenters. The SMILES string of the molecule is O=C(O)c1cc(F)ccc1Nc1ccccc1Cl. The minimum Gasteiger partial charge on any atom is -0.478 e. The van der Waals surface area contributed by atoms with Crippen molar-refractivity contribution in [2.75, 3.05) is 5.32 Å². The summed E-state index contributed by atoms with van der Waals surface area (Å²) in [5, 5.41) is 12.3. The van der Waals surface area contributed by atoms with E-state index in [1.165, 1.54) is 12.1 Å². The number of aromatic carboxylic acids is 1. The zero-order valence-electron chi connectivity index (χ0n) is 9.15. The molecule has 0 heterocycles. The normalized spacial score (nSPS) is 10.1. The molecule has 0 saturated carbocycles. The molecule has 3 nitrogen and oxygen atoms in total. The molecule has 0 radical (unpaired) electrons. The Morgan fingerprint density at radius 3 is 2.56 bits per heavy atom. The van der Waals surface area contributed by atoms with E-state index in [2.05, 4.69) is 5.32 Å². The van der Waals surface area contributed by atoms with E-state index in [-0.39, 0.29) is 11.3 Å².